The van der Waals surface area contributed by atoms with Crippen molar-refractivity contribution in [2.45, 2.75) is 0 Å². The molecule has 0 spiro atoms. The van der Waals surface area contributed by atoms with Crippen molar-refractivity contribution in [2.24, 2.45) is 0 Å². The maximum atomic E-state index is 11.2. The zero-order chi connectivity index (χ0) is 11.4. The average molecular weight is 203 g/mol. The second kappa shape index (κ2) is 4.29. The number of carbonyl (C=O) groups excluding carboxylic acids is 1. The lowest BCUT2D eigenvalue weighted by Crippen LogP contribution is -2.26. The fraction of sp³-hybridized carbons (Fsp3) is 0.0909. The number of hydrogen-bond acceptors (Lipinski definition) is 2. The highest BCUT2D eigenvalue weighted by Gasteiger charge is 2.15. The first-order valence-electron chi connectivity index (χ1n) is 4.14. The molecule has 0 heterocycles. The van der Waals surface area contributed by atoms with Gasteiger partial charge in [0.05, 0.1) is 11.3 Å². The Kier molecular flexibility index (Phi) is 3.09. The van der Waals surface area contributed by atoms with E-state index in [0.29, 0.717) is 0 Å². The second-order valence-electron chi connectivity index (χ2n) is 2.83. The Labute approximate surface area is 87.1 Å². The van der Waals surface area contributed by atoms with Gasteiger partial charge in [-0.2, -0.15) is 0 Å². The standard InChI is InChI=1S/C11H9NO3/c1-3-10(13)12(2)9-7-5-4-6-8(9)11(14)15/h1,4-7H,2H3,(H,14,15). The normalized spacial score (nSPS) is 9.07. The lowest BCUT2D eigenvalue weighted by atomic mass is 10.1. The number of carbonyl (C=O) groups is 2. The quantitative estimate of drug-likeness (QED) is 0.729. The topological polar surface area (TPSA) is 57.6 Å². The number of terminal acetylenes is 1. The van der Waals surface area contributed by atoms with Crippen LogP contribution in [-0.4, -0.2) is 24.0 Å². The van der Waals surface area contributed by atoms with Crippen LogP contribution < -0.4 is 4.90 Å². The van der Waals surface area contributed by atoms with Gasteiger partial charge in [-0.1, -0.05) is 12.1 Å². The van der Waals surface area contributed by atoms with Crippen LogP contribution >= 0.6 is 0 Å². The number of aromatic carboxylic acids is 1. The van der Waals surface area contributed by atoms with E-state index in [1.807, 2.05) is 5.92 Å². The number of nitrogens with zero attached hydrogens (tertiary/aromatic N) is 1. The summed E-state index contributed by atoms with van der Waals surface area (Å²) in [6.45, 7) is 0. The molecule has 0 aliphatic carbocycles. The third kappa shape index (κ3) is 2.15. The molecule has 1 N–H and O–H groups in total. The minimum absolute atomic E-state index is 0.0450. The highest BCUT2D eigenvalue weighted by Crippen LogP contribution is 2.18. The monoisotopic (exact) mass is 203 g/mol. The number of hydrogen-bond donors (Lipinski definition) is 1. The summed E-state index contributed by atoms with van der Waals surface area (Å²) in [5.74, 6) is 0.248. The van der Waals surface area contributed by atoms with Crippen molar-refractivity contribution in [3.05, 3.63) is 29.8 Å². The molecule has 0 saturated heterocycles. The van der Waals surface area contributed by atoms with Crippen molar-refractivity contribution >= 4 is 17.6 Å². The molecular formula is C11H9NO3. The molecule has 0 aliphatic rings. The number of benzene rings is 1. The van der Waals surface area contributed by atoms with Crippen LogP contribution in [0, 0.1) is 12.3 Å². The third-order valence-corrected chi connectivity index (χ3v) is 1.92. The molecule has 1 rings (SSSR count). The summed E-state index contributed by atoms with van der Waals surface area (Å²) >= 11 is 0. The Bertz CT molecular complexity index is 445. The van der Waals surface area contributed by atoms with E-state index in [1.54, 1.807) is 12.1 Å². The van der Waals surface area contributed by atoms with Gasteiger partial charge in [-0.15, -0.1) is 6.42 Å². The maximum absolute atomic E-state index is 11.2. The Morgan fingerprint density at radius 2 is 2.00 bits per heavy atom. The summed E-state index contributed by atoms with van der Waals surface area (Å²) in [7, 11) is 1.43. The summed E-state index contributed by atoms with van der Waals surface area (Å²) in [6, 6.07) is 6.17. The van der Waals surface area contributed by atoms with Gasteiger partial charge < -0.3 is 10.0 Å². The van der Waals surface area contributed by atoms with Crippen LogP contribution in [0.25, 0.3) is 0 Å². The van der Waals surface area contributed by atoms with Gasteiger partial charge in [0.25, 0.3) is 0 Å². The molecule has 0 atom stereocenters. The second-order valence-corrected chi connectivity index (χ2v) is 2.83. The number of rotatable bonds is 2. The molecule has 4 heteroatoms. The van der Waals surface area contributed by atoms with Crippen molar-refractivity contribution in [2.75, 3.05) is 11.9 Å². The van der Waals surface area contributed by atoms with E-state index in [4.69, 9.17) is 11.5 Å². The van der Waals surface area contributed by atoms with Crippen LogP contribution in [0.4, 0.5) is 5.69 Å². The average Bonchev–Trinajstić information content (AvgIpc) is 2.27. The van der Waals surface area contributed by atoms with Crippen LogP contribution in [-0.2, 0) is 4.79 Å². The number of para-hydroxylation sites is 1. The van der Waals surface area contributed by atoms with Crippen LogP contribution in [0.5, 0.6) is 0 Å². The smallest absolute Gasteiger partial charge is 0.337 e. The van der Waals surface area contributed by atoms with Gasteiger partial charge in [0.2, 0.25) is 0 Å². The predicted octanol–water partition coefficient (Wildman–Crippen LogP) is 0.981. The van der Waals surface area contributed by atoms with Gasteiger partial charge in [-0.05, 0) is 18.1 Å². The van der Waals surface area contributed by atoms with Crippen molar-refractivity contribution in [1.82, 2.24) is 0 Å². The van der Waals surface area contributed by atoms with Crippen LogP contribution in [0.15, 0.2) is 24.3 Å². The van der Waals surface area contributed by atoms with Crippen molar-refractivity contribution in [3.8, 4) is 12.3 Å². The van der Waals surface area contributed by atoms with E-state index in [2.05, 4.69) is 0 Å². The molecule has 0 aliphatic heterocycles. The molecule has 15 heavy (non-hydrogen) atoms. The zero-order valence-electron chi connectivity index (χ0n) is 8.10. The van der Waals surface area contributed by atoms with Crippen LogP contribution in [0.1, 0.15) is 10.4 Å². The number of carboxylic acid groups (broad SMARTS) is 1. The van der Waals surface area contributed by atoms with Gasteiger partial charge in [0.15, 0.2) is 0 Å². The fourth-order valence-corrected chi connectivity index (χ4v) is 1.15. The first-order chi connectivity index (χ1) is 7.07. The minimum Gasteiger partial charge on any atom is -0.478 e. The molecule has 0 bridgehead atoms. The molecule has 4 nitrogen and oxygen atoms in total. The maximum Gasteiger partial charge on any atom is 0.337 e. The number of amides is 1. The van der Waals surface area contributed by atoms with E-state index < -0.39 is 11.9 Å². The predicted molar refractivity (Wildman–Crippen MR) is 55.6 cm³/mol. The van der Waals surface area contributed by atoms with E-state index >= 15 is 0 Å². The Balaban J connectivity index is 3.20. The molecule has 0 saturated carbocycles. The van der Waals surface area contributed by atoms with Crippen LogP contribution in [0.3, 0.4) is 0 Å². The molecular weight excluding hydrogens is 194 g/mol. The first-order valence-corrected chi connectivity index (χ1v) is 4.14. The van der Waals surface area contributed by atoms with E-state index in [9.17, 15) is 9.59 Å². The van der Waals surface area contributed by atoms with E-state index in [-0.39, 0.29) is 11.3 Å². The summed E-state index contributed by atoms with van der Waals surface area (Å²) in [6.07, 6.45) is 4.95. The Morgan fingerprint density at radius 1 is 1.40 bits per heavy atom. The van der Waals surface area contributed by atoms with Gasteiger partial charge >= 0.3 is 11.9 Å². The largest absolute Gasteiger partial charge is 0.478 e. The summed E-state index contributed by atoms with van der Waals surface area (Å²) < 4.78 is 0. The zero-order valence-corrected chi connectivity index (χ0v) is 8.10. The Hall–Kier alpha value is -2.28. The van der Waals surface area contributed by atoms with Crippen molar-refractivity contribution < 1.29 is 14.7 Å². The lowest BCUT2D eigenvalue weighted by Gasteiger charge is -2.15. The highest BCUT2D eigenvalue weighted by molar-refractivity contribution is 6.08. The van der Waals surface area contributed by atoms with Gasteiger partial charge in [0, 0.05) is 7.05 Å². The first kappa shape index (κ1) is 10.8. The molecule has 1 aromatic rings. The van der Waals surface area contributed by atoms with Gasteiger partial charge in [-0.3, -0.25) is 4.79 Å². The summed E-state index contributed by atoms with van der Waals surface area (Å²) in [4.78, 5) is 23.2. The van der Waals surface area contributed by atoms with Crippen molar-refractivity contribution in [1.29, 1.82) is 0 Å². The van der Waals surface area contributed by atoms with Crippen molar-refractivity contribution in [3.63, 3.8) is 0 Å². The molecule has 76 valence electrons. The Morgan fingerprint density at radius 3 is 2.53 bits per heavy atom. The molecule has 0 fully saturated rings. The molecule has 0 radical (unpaired) electrons. The summed E-state index contributed by atoms with van der Waals surface area (Å²) in [5, 5.41) is 8.88. The third-order valence-electron chi connectivity index (χ3n) is 1.92. The number of carboxylic acids is 1. The SMILES string of the molecule is C#CC(=O)N(C)c1ccccc1C(=O)O. The minimum atomic E-state index is -1.10. The molecule has 0 unspecified atom stereocenters. The van der Waals surface area contributed by atoms with E-state index in [0.717, 1.165) is 4.90 Å². The molecule has 1 amide bonds. The summed E-state index contributed by atoms with van der Waals surface area (Å²) in [5.41, 5.74) is 0.330. The fourth-order valence-electron chi connectivity index (χ4n) is 1.15. The number of anilines is 1. The lowest BCUT2D eigenvalue weighted by molar-refractivity contribution is -0.113. The van der Waals surface area contributed by atoms with E-state index in [1.165, 1.54) is 19.2 Å². The highest BCUT2D eigenvalue weighted by atomic mass is 16.4. The van der Waals surface area contributed by atoms with Crippen LogP contribution in [0.2, 0.25) is 0 Å². The van der Waals surface area contributed by atoms with Gasteiger partial charge in [-0.25, -0.2) is 4.79 Å². The van der Waals surface area contributed by atoms with Gasteiger partial charge in [0.1, 0.15) is 0 Å². The molecule has 0 aromatic heterocycles. The molecule has 1 aromatic carbocycles.